The Labute approximate surface area is 119 Å². The van der Waals surface area contributed by atoms with Gasteiger partial charge in [0.25, 0.3) is 0 Å². The Hall–Kier alpha value is -2.16. The van der Waals surface area contributed by atoms with E-state index < -0.39 is 0 Å². The minimum absolute atomic E-state index is 0.187. The van der Waals surface area contributed by atoms with Gasteiger partial charge in [-0.2, -0.15) is 0 Å². The lowest BCUT2D eigenvalue weighted by Gasteiger charge is -2.27. The molecule has 0 unspecified atom stereocenters. The number of hydrogen-bond acceptors (Lipinski definition) is 3. The van der Waals surface area contributed by atoms with Crippen LogP contribution in [-0.4, -0.2) is 19.3 Å². The number of hydrogen-bond donors (Lipinski definition) is 1. The van der Waals surface area contributed by atoms with Gasteiger partial charge in [0.2, 0.25) is 0 Å². The highest BCUT2D eigenvalue weighted by Crippen LogP contribution is 2.37. The Balaban J connectivity index is 2.45. The Morgan fingerprint density at radius 2 is 1.35 bits per heavy atom. The first-order valence-electron chi connectivity index (χ1n) is 6.51. The number of phenols is 1. The summed E-state index contributed by atoms with van der Waals surface area (Å²) in [4.78, 5) is 0. The van der Waals surface area contributed by atoms with Crippen LogP contribution in [0.1, 0.15) is 25.0 Å². The molecule has 0 amide bonds. The normalized spacial score (nSPS) is 11.2. The number of rotatable bonds is 4. The SMILES string of the molecule is COc1ccc(C(C)(C)c2ccc(O)cc2)cc1OC. The van der Waals surface area contributed by atoms with Crippen molar-refractivity contribution in [3.05, 3.63) is 53.6 Å². The molecule has 2 rings (SSSR count). The highest BCUT2D eigenvalue weighted by molar-refractivity contribution is 5.48. The maximum absolute atomic E-state index is 9.41. The van der Waals surface area contributed by atoms with Crippen molar-refractivity contribution >= 4 is 0 Å². The molecule has 2 aromatic rings. The highest BCUT2D eigenvalue weighted by atomic mass is 16.5. The van der Waals surface area contributed by atoms with Gasteiger partial charge in [0.15, 0.2) is 11.5 Å². The molecule has 0 radical (unpaired) electrons. The van der Waals surface area contributed by atoms with Gasteiger partial charge in [-0.15, -0.1) is 0 Å². The van der Waals surface area contributed by atoms with Gasteiger partial charge in [0.05, 0.1) is 14.2 Å². The Kier molecular flexibility index (Phi) is 3.89. The van der Waals surface area contributed by atoms with E-state index in [1.807, 2.05) is 30.3 Å². The quantitative estimate of drug-likeness (QED) is 0.921. The summed E-state index contributed by atoms with van der Waals surface area (Å²) < 4.78 is 10.6. The monoisotopic (exact) mass is 272 g/mol. The topological polar surface area (TPSA) is 38.7 Å². The third kappa shape index (κ3) is 2.57. The highest BCUT2D eigenvalue weighted by Gasteiger charge is 2.24. The molecule has 3 nitrogen and oxygen atoms in total. The number of methoxy groups -OCH3 is 2. The van der Waals surface area contributed by atoms with Crippen molar-refractivity contribution in [1.29, 1.82) is 0 Å². The smallest absolute Gasteiger partial charge is 0.161 e. The first-order valence-corrected chi connectivity index (χ1v) is 6.51. The molecule has 106 valence electrons. The first kappa shape index (κ1) is 14.3. The molecular weight excluding hydrogens is 252 g/mol. The average Bonchev–Trinajstić information content (AvgIpc) is 2.46. The van der Waals surface area contributed by atoms with E-state index in [9.17, 15) is 5.11 Å². The maximum Gasteiger partial charge on any atom is 0.161 e. The molecule has 0 saturated carbocycles. The standard InChI is InChI=1S/C17H20O3/c1-17(2,12-5-8-14(18)9-6-12)13-7-10-15(19-3)16(11-13)20-4/h5-11,18H,1-4H3. The van der Waals surface area contributed by atoms with Crippen molar-refractivity contribution in [3.63, 3.8) is 0 Å². The van der Waals surface area contributed by atoms with Crippen molar-refractivity contribution < 1.29 is 14.6 Å². The zero-order valence-corrected chi connectivity index (χ0v) is 12.3. The van der Waals surface area contributed by atoms with Crippen LogP contribution in [-0.2, 0) is 5.41 Å². The molecule has 0 heterocycles. The van der Waals surface area contributed by atoms with Gasteiger partial charge in [-0.05, 0) is 35.4 Å². The predicted octanol–water partition coefficient (Wildman–Crippen LogP) is 3.74. The average molecular weight is 272 g/mol. The lowest BCUT2D eigenvalue weighted by molar-refractivity contribution is 0.354. The van der Waals surface area contributed by atoms with Crippen LogP contribution in [0.4, 0.5) is 0 Å². The fourth-order valence-electron chi connectivity index (χ4n) is 2.27. The Morgan fingerprint density at radius 3 is 1.90 bits per heavy atom. The summed E-state index contributed by atoms with van der Waals surface area (Å²) in [5.74, 6) is 1.71. The van der Waals surface area contributed by atoms with Crippen LogP contribution < -0.4 is 9.47 Å². The van der Waals surface area contributed by atoms with E-state index in [1.165, 1.54) is 0 Å². The second-order valence-corrected chi connectivity index (χ2v) is 5.24. The molecule has 0 saturated heterocycles. The van der Waals surface area contributed by atoms with Gasteiger partial charge >= 0.3 is 0 Å². The second-order valence-electron chi connectivity index (χ2n) is 5.24. The Morgan fingerprint density at radius 1 is 0.800 bits per heavy atom. The third-order valence-corrected chi connectivity index (χ3v) is 3.69. The van der Waals surface area contributed by atoms with E-state index in [-0.39, 0.29) is 11.2 Å². The van der Waals surface area contributed by atoms with E-state index in [4.69, 9.17) is 9.47 Å². The summed E-state index contributed by atoms with van der Waals surface area (Å²) >= 11 is 0. The predicted molar refractivity (Wildman–Crippen MR) is 79.8 cm³/mol. The summed E-state index contributed by atoms with van der Waals surface area (Å²) in [6, 6.07) is 13.2. The fraction of sp³-hybridized carbons (Fsp3) is 0.294. The van der Waals surface area contributed by atoms with Crippen molar-refractivity contribution in [3.8, 4) is 17.2 Å². The zero-order chi connectivity index (χ0) is 14.8. The molecule has 0 fully saturated rings. The van der Waals surface area contributed by atoms with Gasteiger partial charge in [-0.1, -0.05) is 32.0 Å². The number of benzene rings is 2. The van der Waals surface area contributed by atoms with Crippen LogP contribution in [0, 0.1) is 0 Å². The second kappa shape index (κ2) is 5.45. The molecule has 20 heavy (non-hydrogen) atoms. The van der Waals surface area contributed by atoms with E-state index >= 15 is 0 Å². The summed E-state index contributed by atoms with van der Waals surface area (Å²) in [5.41, 5.74) is 2.07. The third-order valence-electron chi connectivity index (χ3n) is 3.69. The Bertz CT molecular complexity index is 586. The van der Waals surface area contributed by atoms with Crippen molar-refractivity contribution in [1.82, 2.24) is 0 Å². The van der Waals surface area contributed by atoms with Crippen LogP contribution in [0.15, 0.2) is 42.5 Å². The van der Waals surface area contributed by atoms with Gasteiger partial charge in [0, 0.05) is 5.41 Å². The number of ether oxygens (including phenoxy) is 2. The number of phenolic OH excluding ortho intramolecular Hbond substituents is 1. The molecule has 0 aromatic heterocycles. The largest absolute Gasteiger partial charge is 0.508 e. The summed E-state index contributed by atoms with van der Waals surface area (Å²) in [6.45, 7) is 4.28. The molecular formula is C17H20O3. The van der Waals surface area contributed by atoms with Gasteiger partial charge < -0.3 is 14.6 Å². The maximum atomic E-state index is 9.41. The lowest BCUT2D eigenvalue weighted by atomic mass is 9.78. The van der Waals surface area contributed by atoms with Crippen LogP contribution in [0.2, 0.25) is 0 Å². The summed E-state index contributed by atoms with van der Waals surface area (Å²) in [7, 11) is 3.26. The van der Waals surface area contributed by atoms with Gasteiger partial charge in [0.1, 0.15) is 5.75 Å². The summed E-state index contributed by atoms with van der Waals surface area (Å²) in [6.07, 6.45) is 0. The number of aromatic hydroxyl groups is 1. The zero-order valence-electron chi connectivity index (χ0n) is 12.3. The molecule has 0 aliphatic rings. The fourth-order valence-corrected chi connectivity index (χ4v) is 2.27. The summed E-state index contributed by atoms with van der Waals surface area (Å²) in [5, 5.41) is 9.41. The molecule has 2 aromatic carbocycles. The molecule has 0 spiro atoms. The molecule has 0 aliphatic heterocycles. The van der Waals surface area contributed by atoms with Crippen LogP contribution >= 0.6 is 0 Å². The van der Waals surface area contributed by atoms with Crippen LogP contribution in [0.25, 0.3) is 0 Å². The van der Waals surface area contributed by atoms with Gasteiger partial charge in [-0.3, -0.25) is 0 Å². The molecule has 0 bridgehead atoms. The van der Waals surface area contributed by atoms with E-state index in [0.29, 0.717) is 0 Å². The van der Waals surface area contributed by atoms with Crippen molar-refractivity contribution in [2.45, 2.75) is 19.3 Å². The molecule has 1 N–H and O–H groups in total. The molecule has 3 heteroatoms. The van der Waals surface area contributed by atoms with Crippen LogP contribution in [0.3, 0.4) is 0 Å². The van der Waals surface area contributed by atoms with Crippen molar-refractivity contribution in [2.24, 2.45) is 0 Å². The minimum Gasteiger partial charge on any atom is -0.508 e. The van der Waals surface area contributed by atoms with E-state index in [1.54, 1.807) is 26.4 Å². The lowest BCUT2D eigenvalue weighted by Crippen LogP contribution is -2.18. The molecule has 0 aliphatic carbocycles. The van der Waals surface area contributed by atoms with E-state index in [2.05, 4.69) is 13.8 Å². The first-order chi connectivity index (χ1) is 9.48. The van der Waals surface area contributed by atoms with Crippen LogP contribution in [0.5, 0.6) is 17.2 Å². The minimum atomic E-state index is -0.187. The van der Waals surface area contributed by atoms with Crippen molar-refractivity contribution in [2.75, 3.05) is 14.2 Å². The van der Waals surface area contributed by atoms with E-state index in [0.717, 1.165) is 22.6 Å². The van der Waals surface area contributed by atoms with Gasteiger partial charge in [-0.25, -0.2) is 0 Å². The molecule has 0 atom stereocenters.